The third-order valence-corrected chi connectivity index (χ3v) is 2.71. The Kier molecular flexibility index (Phi) is 12.4. The molecule has 0 fully saturated rings. The summed E-state index contributed by atoms with van der Waals surface area (Å²) in [5.74, 6) is 1.29. The summed E-state index contributed by atoms with van der Waals surface area (Å²) in [7, 11) is 0. The Balaban J connectivity index is 0.00000400. The van der Waals surface area contributed by atoms with Gasteiger partial charge in [0.2, 0.25) is 0 Å². The Morgan fingerprint density at radius 2 is 2.19 bits per heavy atom. The second-order valence-corrected chi connectivity index (χ2v) is 4.68. The van der Waals surface area contributed by atoms with E-state index in [1.54, 1.807) is 6.20 Å². The molecule has 0 spiro atoms. The van der Waals surface area contributed by atoms with E-state index in [9.17, 15) is 0 Å². The number of nitrogens with zero attached hydrogens (tertiary/aromatic N) is 3. The summed E-state index contributed by atoms with van der Waals surface area (Å²) < 4.78 is 7.24. The highest BCUT2D eigenvalue weighted by Gasteiger charge is 2.04. The lowest BCUT2D eigenvalue weighted by Crippen LogP contribution is -2.39. The predicted octanol–water partition coefficient (Wildman–Crippen LogP) is 1.73. The van der Waals surface area contributed by atoms with Crippen molar-refractivity contribution in [2.24, 2.45) is 10.9 Å². The van der Waals surface area contributed by atoms with E-state index in [-0.39, 0.29) is 24.0 Å². The normalized spacial score (nSPS) is 12.6. The minimum atomic E-state index is 0. The number of halogens is 1. The zero-order chi connectivity index (χ0) is 14.6. The van der Waals surface area contributed by atoms with Crippen LogP contribution in [0.1, 0.15) is 20.8 Å². The molecule has 0 saturated heterocycles. The van der Waals surface area contributed by atoms with Crippen molar-refractivity contribution < 1.29 is 4.74 Å². The first-order valence-corrected chi connectivity index (χ1v) is 7.33. The molecule has 1 rings (SSSR count). The summed E-state index contributed by atoms with van der Waals surface area (Å²) in [6, 6.07) is 1.94. The van der Waals surface area contributed by atoms with Crippen molar-refractivity contribution in [1.29, 1.82) is 0 Å². The molecule has 0 radical (unpaired) electrons. The van der Waals surface area contributed by atoms with Gasteiger partial charge in [0.1, 0.15) is 0 Å². The van der Waals surface area contributed by atoms with Crippen LogP contribution < -0.4 is 10.6 Å². The molecule has 1 unspecified atom stereocenters. The molecule has 0 aliphatic heterocycles. The third kappa shape index (κ3) is 9.67. The molecule has 0 bridgehead atoms. The van der Waals surface area contributed by atoms with Gasteiger partial charge in [0.05, 0.1) is 6.61 Å². The zero-order valence-corrected chi connectivity index (χ0v) is 15.5. The van der Waals surface area contributed by atoms with Gasteiger partial charge in [-0.1, -0.05) is 6.92 Å². The predicted molar refractivity (Wildman–Crippen MR) is 97.3 cm³/mol. The van der Waals surface area contributed by atoms with Crippen molar-refractivity contribution in [3.05, 3.63) is 18.5 Å². The molecule has 0 aliphatic rings. The lowest BCUT2D eigenvalue weighted by Gasteiger charge is -2.13. The van der Waals surface area contributed by atoms with Gasteiger partial charge in [-0.3, -0.25) is 9.67 Å². The summed E-state index contributed by atoms with van der Waals surface area (Å²) >= 11 is 0. The molecule has 0 aromatic carbocycles. The van der Waals surface area contributed by atoms with Gasteiger partial charge in [-0.2, -0.15) is 5.10 Å². The van der Waals surface area contributed by atoms with Crippen LogP contribution in [0.25, 0.3) is 0 Å². The Labute approximate surface area is 144 Å². The number of hydrogen-bond donors (Lipinski definition) is 2. The van der Waals surface area contributed by atoms with Crippen LogP contribution in [0.15, 0.2) is 23.5 Å². The third-order valence-electron chi connectivity index (χ3n) is 2.71. The molecule has 122 valence electrons. The van der Waals surface area contributed by atoms with Crippen molar-refractivity contribution in [2.75, 3.05) is 32.8 Å². The molecule has 0 saturated carbocycles. The van der Waals surface area contributed by atoms with Crippen LogP contribution in [-0.2, 0) is 11.3 Å². The van der Waals surface area contributed by atoms with E-state index >= 15 is 0 Å². The van der Waals surface area contributed by atoms with E-state index in [1.807, 2.05) is 23.9 Å². The number of aliphatic imine (C=N–C) groups is 1. The van der Waals surface area contributed by atoms with Crippen LogP contribution >= 0.6 is 24.0 Å². The van der Waals surface area contributed by atoms with Gasteiger partial charge in [-0.15, -0.1) is 24.0 Å². The molecular weight excluding hydrogens is 381 g/mol. The van der Waals surface area contributed by atoms with Crippen molar-refractivity contribution in [3.63, 3.8) is 0 Å². The van der Waals surface area contributed by atoms with Crippen LogP contribution in [0.2, 0.25) is 0 Å². The summed E-state index contributed by atoms with van der Waals surface area (Å²) in [6.07, 6.45) is 3.78. The zero-order valence-electron chi connectivity index (χ0n) is 13.2. The first-order valence-electron chi connectivity index (χ1n) is 7.33. The molecule has 1 aromatic heterocycles. The first-order chi connectivity index (χ1) is 9.76. The monoisotopic (exact) mass is 409 g/mol. The van der Waals surface area contributed by atoms with Gasteiger partial charge < -0.3 is 15.4 Å². The Morgan fingerprint density at radius 3 is 2.81 bits per heavy atom. The van der Waals surface area contributed by atoms with Crippen LogP contribution in [0.4, 0.5) is 0 Å². The second-order valence-electron chi connectivity index (χ2n) is 4.68. The van der Waals surface area contributed by atoms with Crippen LogP contribution in [0, 0.1) is 5.92 Å². The minimum Gasteiger partial charge on any atom is -0.380 e. The molecule has 1 heterocycles. The van der Waals surface area contributed by atoms with E-state index in [4.69, 9.17) is 4.74 Å². The molecule has 6 nitrogen and oxygen atoms in total. The molecule has 0 amide bonds. The highest BCUT2D eigenvalue weighted by atomic mass is 127. The molecule has 7 heteroatoms. The summed E-state index contributed by atoms with van der Waals surface area (Å²) in [5, 5.41) is 10.7. The average Bonchev–Trinajstić information content (AvgIpc) is 2.93. The molecule has 21 heavy (non-hydrogen) atoms. The van der Waals surface area contributed by atoms with Crippen LogP contribution in [0.5, 0.6) is 0 Å². The van der Waals surface area contributed by atoms with Gasteiger partial charge in [-0.25, -0.2) is 0 Å². The fraction of sp³-hybridized carbons (Fsp3) is 0.714. The van der Waals surface area contributed by atoms with Crippen LogP contribution in [0.3, 0.4) is 0 Å². The highest BCUT2D eigenvalue weighted by molar-refractivity contribution is 14.0. The van der Waals surface area contributed by atoms with E-state index in [1.165, 1.54) is 0 Å². The fourth-order valence-electron chi connectivity index (χ4n) is 1.76. The van der Waals surface area contributed by atoms with Crippen molar-refractivity contribution in [3.8, 4) is 0 Å². The van der Waals surface area contributed by atoms with Gasteiger partial charge in [-0.05, 0) is 25.8 Å². The maximum absolute atomic E-state index is 5.30. The smallest absolute Gasteiger partial charge is 0.191 e. The van der Waals surface area contributed by atoms with Gasteiger partial charge in [0.15, 0.2) is 5.96 Å². The van der Waals surface area contributed by atoms with E-state index < -0.39 is 0 Å². The Morgan fingerprint density at radius 1 is 1.38 bits per heavy atom. The lowest BCUT2D eigenvalue weighted by molar-refractivity contribution is 0.152. The highest BCUT2D eigenvalue weighted by Crippen LogP contribution is 2.00. The van der Waals surface area contributed by atoms with E-state index in [2.05, 4.69) is 34.6 Å². The number of rotatable bonds is 9. The first kappa shape index (κ1) is 20.2. The van der Waals surface area contributed by atoms with Crippen molar-refractivity contribution >= 4 is 29.9 Å². The number of hydrogen-bond acceptors (Lipinski definition) is 3. The molecule has 1 atom stereocenters. The molecule has 0 aliphatic carbocycles. The molecule has 2 N–H and O–H groups in total. The van der Waals surface area contributed by atoms with Gasteiger partial charge in [0, 0.05) is 45.2 Å². The number of nitrogens with one attached hydrogen (secondary N) is 2. The van der Waals surface area contributed by atoms with Crippen molar-refractivity contribution in [2.45, 2.75) is 27.3 Å². The fourth-order valence-corrected chi connectivity index (χ4v) is 1.76. The maximum atomic E-state index is 5.30. The topological polar surface area (TPSA) is 63.5 Å². The van der Waals surface area contributed by atoms with Gasteiger partial charge in [0.25, 0.3) is 0 Å². The summed E-state index contributed by atoms with van der Waals surface area (Å²) in [6.45, 7) is 11.0. The quantitative estimate of drug-likeness (QED) is 0.282. The Hall–Kier alpha value is -0.830. The summed E-state index contributed by atoms with van der Waals surface area (Å²) in [4.78, 5) is 4.59. The SMILES string of the molecule is CCNC(=NCC(C)Cn1cccn1)NCCOCC.I. The number of aromatic nitrogens is 2. The molecular formula is C14H28IN5O. The van der Waals surface area contributed by atoms with Crippen molar-refractivity contribution in [1.82, 2.24) is 20.4 Å². The van der Waals surface area contributed by atoms with Crippen LogP contribution in [-0.4, -0.2) is 48.6 Å². The minimum absolute atomic E-state index is 0. The Bertz CT molecular complexity index is 369. The lowest BCUT2D eigenvalue weighted by atomic mass is 10.2. The maximum Gasteiger partial charge on any atom is 0.191 e. The number of ether oxygens (including phenoxy) is 1. The summed E-state index contributed by atoms with van der Waals surface area (Å²) in [5.41, 5.74) is 0. The average molecular weight is 409 g/mol. The van der Waals surface area contributed by atoms with E-state index in [0.717, 1.165) is 38.7 Å². The van der Waals surface area contributed by atoms with E-state index in [0.29, 0.717) is 12.5 Å². The second kappa shape index (κ2) is 12.9. The molecule has 1 aromatic rings. The number of guanidine groups is 1. The standard InChI is InChI=1S/C14H27N5O.HI/c1-4-15-14(16-8-10-20-5-2)17-11-13(3)12-19-9-6-7-18-19;/h6-7,9,13H,4-5,8,10-12H2,1-3H3,(H2,15,16,17);1H. The largest absolute Gasteiger partial charge is 0.380 e. The van der Waals surface area contributed by atoms with Gasteiger partial charge >= 0.3 is 0 Å².